The zero-order chi connectivity index (χ0) is 21.6. The van der Waals surface area contributed by atoms with E-state index >= 15 is 0 Å². The van der Waals surface area contributed by atoms with Crippen LogP contribution in [0.5, 0.6) is 11.5 Å². The van der Waals surface area contributed by atoms with Gasteiger partial charge in [0, 0.05) is 7.75 Å². The maximum absolute atomic E-state index is 14.3. The van der Waals surface area contributed by atoms with Gasteiger partial charge in [-0.05, 0) is 37.1 Å². The zero-order valence-electron chi connectivity index (χ0n) is 15.9. The van der Waals surface area contributed by atoms with Crippen LogP contribution in [0.2, 0.25) is 0 Å². The summed E-state index contributed by atoms with van der Waals surface area (Å²) in [6, 6.07) is 5.52. The Hall–Kier alpha value is -3.35. The van der Waals surface area contributed by atoms with Crippen LogP contribution in [0.1, 0.15) is 2.85 Å². The Balaban J connectivity index is -0.00000225. The SMILES string of the molecule is C=C/C(F)=C(/CN=C(N)Nc1c(S)ccc(F)c1Oc1cccc(F)c1F)N=C.O.O.[HH].[HH]. The van der Waals surface area contributed by atoms with Crippen molar-refractivity contribution in [3.05, 3.63) is 72.0 Å². The van der Waals surface area contributed by atoms with E-state index < -0.39 is 34.8 Å². The van der Waals surface area contributed by atoms with Crippen molar-refractivity contribution in [2.75, 3.05) is 11.9 Å². The van der Waals surface area contributed by atoms with E-state index in [9.17, 15) is 17.6 Å². The molecule has 12 heteroatoms. The van der Waals surface area contributed by atoms with Crippen LogP contribution in [0, 0.1) is 17.5 Å². The van der Waals surface area contributed by atoms with Crippen molar-refractivity contribution in [3.8, 4) is 11.5 Å². The molecule has 0 heterocycles. The summed E-state index contributed by atoms with van der Waals surface area (Å²) >= 11 is 4.18. The molecule has 2 aromatic carbocycles. The number of benzene rings is 2. The third kappa shape index (κ3) is 6.84. The molecule has 31 heavy (non-hydrogen) atoms. The highest BCUT2D eigenvalue weighted by Gasteiger charge is 2.18. The fourth-order valence-corrected chi connectivity index (χ4v) is 2.32. The standard InChI is InChI=1S/C19H16F4N4OS.2H2O.2H2/c1-3-10(20)13(25-2)9-26-19(24)27-17-15(29)8-7-12(22)18(17)28-14-6-4-5-11(21)16(14)23;;;;/h3-8,29H,1-2,9H2,(H3,24,26,27);2*1H2;2*1H/b13-10+;;;;. The second kappa shape index (κ2) is 12.4. The molecule has 0 radical (unpaired) electrons. The second-order valence-corrected chi connectivity index (χ2v) is 5.89. The number of rotatable bonds is 7. The van der Waals surface area contributed by atoms with Gasteiger partial charge < -0.3 is 26.7 Å². The molecule has 0 saturated carbocycles. The topological polar surface area (TPSA) is 135 Å². The van der Waals surface area contributed by atoms with Crippen molar-refractivity contribution in [1.82, 2.24) is 0 Å². The number of nitrogens with two attached hydrogens (primary N) is 1. The average Bonchev–Trinajstić information content (AvgIpc) is 2.70. The van der Waals surface area contributed by atoms with E-state index in [-0.39, 0.29) is 42.6 Å². The first-order valence-electron chi connectivity index (χ1n) is 7.96. The molecule has 0 atom stereocenters. The predicted molar refractivity (Wildman–Crippen MR) is 120 cm³/mol. The molecule has 0 aliphatic rings. The van der Waals surface area contributed by atoms with Crippen LogP contribution >= 0.6 is 12.6 Å². The van der Waals surface area contributed by atoms with Crippen molar-refractivity contribution in [3.63, 3.8) is 0 Å². The van der Waals surface area contributed by atoms with E-state index in [1.165, 1.54) is 12.1 Å². The average molecular weight is 464 g/mol. The molecular formula is C19H24F4N4O3S. The number of halogens is 4. The number of allylic oxidation sites excluding steroid dienone is 2. The highest BCUT2D eigenvalue weighted by atomic mass is 32.1. The normalized spacial score (nSPS) is 11.5. The maximum Gasteiger partial charge on any atom is 0.201 e. The van der Waals surface area contributed by atoms with E-state index in [2.05, 4.69) is 41.2 Å². The molecule has 7 nitrogen and oxygen atoms in total. The molecule has 0 saturated heterocycles. The largest absolute Gasteiger partial charge is 0.449 e. The Morgan fingerprint density at radius 2 is 1.87 bits per heavy atom. The molecule has 172 valence electrons. The van der Waals surface area contributed by atoms with Crippen LogP contribution in [0.15, 0.2) is 69.4 Å². The molecule has 7 N–H and O–H groups in total. The minimum atomic E-state index is -1.30. The summed E-state index contributed by atoms with van der Waals surface area (Å²) in [5.74, 6) is -5.40. The zero-order valence-corrected chi connectivity index (χ0v) is 16.8. The molecule has 0 aliphatic heterocycles. The molecule has 0 amide bonds. The van der Waals surface area contributed by atoms with Gasteiger partial charge in [0.1, 0.15) is 11.5 Å². The van der Waals surface area contributed by atoms with Crippen molar-refractivity contribution >= 4 is 31.0 Å². The van der Waals surface area contributed by atoms with Crippen molar-refractivity contribution in [2.45, 2.75) is 4.90 Å². The van der Waals surface area contributed by atoms with Gasteiger partial charge in [-0.2, -0.15) is 4.39 Å². The monoisotopic (exact) mass is 464 g/mol. The van der Waals surface area contributed by atoms with Crippen molar-refractivity contribution < 1.29 is 36.1 Å². The van der Waals surface area contributed by atoms with Crippen molar-refractivity contribution in [2.24, 2.45) is 15.7 Å². The van der Waals surface area contributed by atoms with Crippen LogP contribution in [-0.4, -0.2) is 30.2 Å². The minimum Gasteiger partial charge on any atom is -0.449 e. The Kier molecular flexibility index (Phi) is 11.0. The molecule has 0 unspecified atom stereocenters. The number of nitrogens with one attached hydrogen (secondary N) is 1. The summed E-state index contributed by atoms with van der Waals surface area (Å²) < 4.78 is 60.4. The summed E-state index contributed by atoms with van der Waals surface area (Å²) in [6.45, 7) is 6.20. The van der Waals surface area contributed by atoms with Gasteiger partial charge in [-0.3, -0.25) is 4.99 Å². The number of aliphatic imine (C=N–C) groups is 2. The summed E-state index contributed by atoms with van der Waals surface area (Å²) in [4.78, 5) is 7.52. The van der Waals surface area contributed by atoms with Crippen LogP contribution in [0.4, 0.5) is 23.2 Å². The van der Waals surface area contributed by atoms with E-state index in [1.807, 2.05) is 0 Å². The highest BCUT2D eigenvalue weighted by Crippen LogP contribution is 2.38. The summed E-state index contributed by atoms with van der Waals surface area (Å²) in [5, 5.41) is 2.55. The molecular weight excluding hydrogens is 440 g/mol. The number of ether oxygens (including phenoxy) is 1. The minimum absolute atomic E-state index is 0. The Labute approximate surface area is 183 Å². The van der Waals surface area contributed by atoms with E-state index in [0.29, 0.717) is 0 Å². The lowest BCUT2D eigenvalue weighted by Gasteiger charge is -2.16. The Morgan fingerprint density at radius 3 is 2.48 bits per heavy atom. The lowest BCUT2D eigenvalue weighted by molar-refractivity contribution is 0.398. The van der Waals surface area contributed by atoms with Gasteiger partial charge in [-0.25, -0.2) is 18.2 Å². The van der Waals surface area contributed by atoms with Gasteiger partial charge in [0.15, 0.2) is 29.1 Å². The van der Waals surface area contributed by atoms with Crippen LogP contribution in [-0.2, 0) is 0 Å². The summed E-state index contributed by atoms with van der Waals surface area (Å²) in [5.41, 5.74) is 5.53. The Bertz CT molecular complexity index is 1030. The fraction of sp³-hybridized carbons (Fsp3) is 0.0526. The number of guanidine groups is 1. The van der Waals surface area contributed by atoms with Gasteiger partial charge >= 0.3 is 0 Å². The third-order valence-electron chi connectivity index (χ3n) is 3.51. The first kappa shape index (κ1) is 27.7. The second-order valence-electron chi connectivity index (χ2n) is 5.41. The molecule has 0 aliphatic carbocycles. The van der Waals surface area contributed by atoms with Crippen LogP contribution in [0.25, 0.3) is 0 Å². The first-order chi connectivity index (χ1) is 13.8. The molecule has 0 bridgehead atoms. The number of hydrogen-bond acceptors (Lipinski definition) is 4. The highest BCUT2D eigenvalue weighted by molar-refractivity contribution is 7.80. The first-order valence-corrected chi connectivity index (χ1v) is 8.41. The number of nitrogens with zero attached hydrogens (tertiary/aromatic N) is 2. The van der Waals surface area contributed by atoms with Gasteiger partial charge in [0.05, 0.1) is 12.2 Å². The Morgan fingerprint density at radius 1 is 1.19 bits per heavy atom. The molecule has 2 rings (SSSR count). The maximum atomic E-state index is 14.3. The van der Waals surface area contributed by atoms with Gasteiger partial charge in [-0.1, -0.05) is 12.6 Å². The summed E-state index contributed by atoms with van der Waals surface area (Å²) in [7, 11) is 0. The van der Waals surface area contributed by atoms with Crippen LogP contribution in [0.3, 0.4) is 0 Å². The van der Waals surface area contributed by atoms with Crippen LogP contribution < -0.4 is 15.8 Å². The molecule has 0 spiro atoms. The van der Waals surface area contributed by atoms with Gasteiger partial charge in [-0.15, -0.1) is 12.6 Å². The van der Waals surface area contributed by atoms with E-state index in [0.717, 1.165) is 24.3 Å². The molecule has 0 fully saturated rings. The smallest absolute Gasteiger partial charge is 0.201 e. The molecule has 2 aromatic rings. The third-order valence-corrected chi connectivity index (χ3v) is 3.89. The lowest BCUT2D eigenvalue weighted by Crippen LogP contribution is -2.24. The van der Waals surface area contributed by atoms with E-state index in [4.69, 9.17) is 10.5 Å². The van der Waals surface area contributed by atoms with Gasteiger partial charge in [0.2, 0.25) is 5.82 Å². The lowest BCUT2D eigenvalue weighted by atomic mass is 10.2. The number of hydrogen-bond donors (Lipinski definition) is 3. The molecule has 0 aromatic heterocycles. The van der Waals surface area contributed by atoms with E-state index in [1.54, 1.807) is 0 Å². The summed E-state index contributed by atoms with van der Waals surface area (Å²) in [6.07, 6.45) is 0.932. The van der Waals surface area contributed by atoms with Gasteiger partial charge in [0.25, 0.3) is 0 Å². The van der Waals surface area contributed by atoms with Crippen molar-refractivity contribution in [1.29, 1.82) is 0 Å². The predicted octanol–water partition coefficient (Wildman–Crippen LogP) is 3.82. The fourth-order valence-electron chi connectivity index (χ4n) is 2.09. The quantitative estimate of drug-likeness (QED) is 0.189. The number of anilines is 1. The number of thiol groups is 1.